The van der Waals surface area contributed by atoms with Gasteiger partial charge < -0.3 is 10.1 Å². The Kier molecular flexibility index (Phi) is 7.02. The average molecular weight is 355 g/mol. The van der Waals surface area contributed by atoms with Crippen LogP contribution in [0, 0.1) is 13.8 Å². The van der Waals surface area contributed by atoms with Crippen LogP contribution in [-0.2, 0) is 16.0 Å². The van der Waals surface area contributed by atoms with E-state index in [1.165, 1.54) is 11.1 Å². The van der Waals surface area contributed by atoms with Gasteiger partial charge in [0.1, 0.15) is 5.75 Å². The molecular weight excluding hydrogens is 330 g/mol. The molecule has 0 heterocycles. The Balaban J connectivity index is 1.68. The minimum Gasteiger partial charge on any atom is -0.497 e. The second kappa shape index (κ2) is 9.46. The minimum absolute atomic E-state index is 0.0592. The van der Waals surface area contributed by atoms with Crippen LogP contribution in [-0.4, -0.2) is 25.5 Å². The number of methoxy groups -OCH3 is 1. The molecule has 0 radical (unpaired) electrons. The van der Waals surface area contributed by atoms with Gasteiger partial charge in [0, 0.05) is 12.1 Å². The Morgan fingerprint density at radius 1 is 0.962 bits per heavy atom. The van der Waals surface area contributed by atoms with Crippen molar-refractivity contribution in [3.63, 3.8) is 0 Å². The lowest BCUT2D eigenvalue weighted by molar-refractivity contribution is -0.128. The summed E-state index contributed by atoms with van der Waals surface area (Å²) in [6, 6.07) is 13.4. The topological polar surface area (TPSA) is 79.5 Å². The summed E-state index contributed by atoms with van der Waals surface area (Å²) in [6.45, 7) is 4.13. The number of hydrazine groups is 1. The smallest absolute Gasteiger partial charge is 0.257 e. The van der Waals surface area contributed by atoms with Crippen LogP contribution in [0.5, 0.6) is 5.75 Å². The molecule has 0 aliphatic heterocycles. The number of rotatable bonds is 7. The Morgan fingerprint density at radius 2 is 1.65 bits per heavy atom. The van der Waals surface area contributed by atoms with Crippen molar-refractivity contribution in [2.75, 3.05) is 19.0 Å². The molecule has 0 aromatic heterocycles. The number of nitrogens with one attached hydrogen (secondary N) is 3. The van der Waals surface area contributed by atoms with Gasteiger partial charge in [-0.2, -0.15) is 0 Å². The van der Waals surface area contributed by atoms with Crippen LogP contribution in [0.4, 0.5) is 5.69 Å². The molecule has 0 bridgehead atoms. The summed E-state index contributed by atoms with van der Waals surface area (Å²) in [4.78, 5) is 23.7. The van der Waals surface area contributed by atoms with Gasteiger partial charge in [-0.1, -0.05) is 23.8 Å². The van der Waals surface area contributed by atoms with Gasteiger partial charge in [-0.05, 0) is 55.7 Å². The molecule has 2 amide bonds. The van der Waals surface area contributed by atoms with Crippen molar-refractivity contribution in [3.05, 3.63) is 59.2 Å². The normalized spacial score (nSPS) is 10.1. The van der Waals surface area contributed by atoms with Crippen LogP contribution in [0.2, 0.25) is 0 Å². The Labute approximate surface area is 153 Å². The third-order valence-corrected chi connectivity index (χ3v) is 4.00. The number of hydrogen-bond acceptors (Lipinski definition) is 4. The van der Waals surface area contributed by atoms with Gasteiger partial charge in [-0.15, -0.1) is 0 Å². The van der Waals surface area contributed by atoms with E-state index in [0.717, 1.165) is 17.0 Å². The van der Waals surface area contributed by atoms with E-state index in [1.807, 2.05) is 38.1 Å². The highest BCUT2D eigenvalue weighted by Crippen LogP contribution is 2.14. The van der Waals surface area contributed by atoms with Gasteiger partial charge in [-0.25, -0.2) is 0 Å². The molecule has 0 fully saturated rings. The van der Waals surface area contributed by atoms with E-state index in [4.69, 9.17) is 4.74 Å². The lowest BCUT2D eigenvalue weighted by Gasteiger charge is -2.10. The van der Waals surface area contributed by atoms with E-state index in [1.54, 1.807) is 19.2 Å². The maximum absolute atomic E-state index is 11.9. The molecule has 2 rings (SSSR count). The zero-order valence-corrected chi connectivity index (χ0v) is 15.4. The summed E-state index contributed by atoms with van der Waals surface area (Å²) in [5.74, 6) is 0.208. The van der Waals surface area contributed by atoms with Gasteiger partial charge in [0.2, 0.25) is 5.91 Å². The second-order valence-corrected chi connectivity index (χ2v) is 6.11. The minimum atomic E-state index is -0.319. The Bertz CT molecular complexity index is 757. The number of hydrogen-bond donors (Lipinski definition) is 3. The summed E-state index contributed by atoms with van der Waals surface area (Å²) in [5, 5.41) is 2.97. The highest BCUT2D eigenvalue weighted by atomic mass is 16.5. The molecule has 2 aromatic rings. The van der Waals surface area contributed by atoms with Crippen molar-refractivity contribution in [1.82, 2.24) is 10.9 Å². The van der Waals surface area contributed by atoms with E-state index in [9.17, 15) is 9.59 Å². The van der Waals surface area contributed by atoms with E-state index in [-0.39, 0.29) is 18.4 Å². The highest BCUT2D eigenvalue weighted by molar-refractivity contribution is 5.84. The molecular formula is C20H25N3O3. The molecule has 138 valence electrons. The summed E-state index contributed by atoms with van der Waals surface area (Å²) in [7, 11) is 1.60. The maximum Gasteiger partial charge on any atom is 0.257 e. The quantitative estimate of drug-likeness (QED) is 0.667. The zero-order valence-electron chi connectivity index (χ0n) is 15.4. The first-order chi connectivity index (χ1) is 12.5. The SMILES string of the molecule is COc1ccc(NCC(=O)NNC(=O)CCc2ccc(C)cc2C)cc1. The number of carbonyl (C=O) groups excluding carboxylic acids is 2. The Hall–Kier alpha value is -3.02. The number of carbonyl (C=O) groups is 2. The molecule has 26 heavy (non-hydrogen) atoms. The molecule has 6 nitrogen and oxygen atoms in total. The van der Waals surface area contributed by atoms with Crippen LogP contribution >= 0.6 is 0 Å². The zero-order chi connectivity index (χ0) is 18.9. The lowest BCUT2D eigenvalue weighted by atomic mass is 10.0. The number of amides is 2. The van der Waals surface area contributed by atoms with Crippen molar-refractivity contribution in [2.45, 2.75) is 26.7 Å². The van der Waals surface area contributed by atoms with Crippen LogP contribution in [0.25, 0.3) is 0 Å². The van der Waals surface area contributed by atoms with Crippen LogP contribution in [0.15, 0.2) is 42.5 Å². The average Bonchev–Trinajstić information content (AvgIpc) is 2.64. The molecule has 6 heteroatoms. The third-order valence-electron chi connectivity index (χ3n) is 4.00. The summed E-state index contributed by atoms with van der Waals surface area (Å²) >= 11 is 0. The third kappa shape index (κ3) is 6.12. The largest absolute Gasteiger partial charge is 0.497 e. The molecule has 0 spiro atoms. The first-order valence-corrected chi connectivity index (χ1v) is 8.49. The molecule has 0 saturated heterocycles. The molecule has 2 aromatic carbocycles. The van der Waals surface area contributed by atoms with Crippen LogP contribution in [0.3, 0.4) is 0 Å². The van der Waals surface area contributed by atoms with Gasteiger partial charge in [-0.3, -0.25) is 20.4 Å². The second-order valence-electron chi connectivity index (χ2n) is 6.11. The first kappa shape index (κ1) is 19.3. The monoisotopic (exact) mass is 355 g/mol. The predicted octanol–water partition coefficient (Wildman–Crippen LogP) is 2.50. The van der Waals surface area contributed by atoms with Crippen molar-refractivity contribution < 1.29 is 14.3 Å². The summed E-state index contributed by atoms with van der Waals surface area (Å²) < 4.78 is 5.07. The van der Waals surface area contributed by atoms with Gasteiger partial charge in [0.25, 0.3) is 5.91 Å². The molecule has 0 aliphatic carbocycles. The van der Waals surface area contributed by atoms with Gasteiger partial charge in [0.15, 0.2) is 0 Å². The van der Waals surface area contributed by atoms with Crippen molar-refractivity contribution >= 4 is 17.5 Å². The highest BCUT2D eigenvalue weighted by Gasteiger charge is 2.07. The Morgan fingerprint density at radius 3 is 2.31 bits per heavy atom. The number of aryl methyl sites for hydroxylation is 3. The molecule has 0 unspecified atom stereocenters. The van der Waals surface area contributed by atoms with Crippen LogP contribution in [0.1, 0.15) is 23.1 Å². The van der Waals surface area contributed by atoms with Gasteiger partial charge in [0.05, 0.1) is 13.7 Å². The molecule has 0 atom stereocenters. The maximum atomic E-state index is 11.9. The fourth-order valence-electron chi connectivity index (χ4n) is 2.51. The standard InChI is InChI=1S/C20H25N3O3/c1-14-4-5-16(15(2)12-14)6-11-19(24)22-23-20(25)13-21-17-7-9-18(26-3)10-8-17/h4-5,7-10,12,21H,6,11,13H2,1-3H3,(H,22,24)(H,23,25). The lowest BCUT2D eigenvalue weighted by Crippen LogP contribution is -2.44. The predicted molar refractivity (Wildman–Crippen MR) is 102 cm³/mol. The van der Waals surface area contributed by atoms with Crippen LogP contribution < -0.4 is 20.9 Å². The van der Waals surface area contributed by atoms with E-state index < -0.39 is 0 Å². The summed E-state index contributed by atoms with van der Waals surface area (Å²) in [6.07, 6.45) is 0.952. The fourth-order valence-corrected chi connectivity index (χ4v) is 2.51. The summed E-state index contributed by atoms with van der Waals surface area (Å²) in [5.41, 5.74) is 9.15. The molecule has 0 saturated carbocycles. The van der Waals surface area contributed by atoms with Crippen molar-refractivity contribution in [3.8, 4) is 5.75 Å². The fraction of sp³-hybridized carbons (Fsp3) is 0.300. The van der Waals surface area contributed by atoms with E-state index in [2.05, 4.69) is 22.2 Å². The van der Waals surface area contributed by atoms with E-state index in [0.29, 0.717) is 12.8 Å². The molecule has 3 N–H and O–H groups in total. The number of ether oxygens (including phenoxy) is 1. The first-order valence-electron chi connectivity index (χ1n) is 8.49. The van der Waals surface area contributed by atoms with Crippen molar-refractivity contribution in [2.24, 2.45) is 0 Å². The van der Waals surface area contributed by atoms with Crippen molar-refractivity contribution in [1.29, 1.82) is 0 Å². The molecule has 0 aliphatic rings. The van der Waals surface area contributed by atoms with Gasteiger partial charge >= 0.3 is 0 Å². The number of benzene rings is 2. The number of anilines is 1. The van der Waals surface area contributed by atoms with E-state index >= 15 is 0 Å².